The molecule has 54 heavy (non-hydrogen) atoms. The molecule has 2 aliphatic rings. The Morgan fingerprint density at radius 3 is 1.00 bits per heavy atom. The quantitative estimate of drug-likeness (QED) is 0.0667. The summed E-state index contributed by atoms with van der Waals surface area (Å²) in [5.74, 6) is -2.59. The second-order valence-corrected chi connectivity index (χ2v) is 16.2. The van der Waals surface area contributed by atoms with Crippen molar-refractivity contribution < 1.29 is 18.5 Å². The molecule has 0 aromatic rings. The van der Waals surface area contributed by atoms with Crippen molar-refractivity contribution in [1.29, 1.82) is 26.3 Å². The van der Waals surface area contributed by atoms with Gasteiger partial charge in [-0.25, -0.2) is 0 Å². The van der Waals surface area contributed by atoms with Crippen molar-refractivity contribution in [2.45, 2.75) is 165 Å². The van der Waals surface area contributed by atoms with Gasteiger partial charge in [-0.1, -0.05) is 107 Å². The lowest BCUT2D eigenvalue weighted by atomic mass is 9.37. The monoisotopic (exact) mass is 750 g/mol. The molecule has 0 heterocycles. The number of rotatable bonds is 25. The Balaban J connectivity index is 0.000000786. The Bertz CT molecular complexity index is 1140. The fourth-order valence-electron chi connectivity index (χ4n) is 8.79. The van der Waals surface area contributed by atoms with E-state index in [4.69, 9.17) is 0 Å². The second kappa shape index (κ2) is 26.6. The normalized spacial score (nSPS) is 20.1. The zero-order chi connectivity index (χ0) is 41.2. The predicted molar refractivity (Wildman–Crippen MR) is 218 cm³/mol. The van der Waals surface area contributed by atoms with Gasteiger partial charge in [-0.05, 0) is 57.8 Å². The van der Waals surface area contributed by atoms with Crippen LogP contribution in [0.4, 0.5) is 0 Å². The van der Waals surface area contributed by atoms with Gasteiger partial charge >= 0.3 is 5.97 Å². The van der Waals surface area contributed by atoms with E-state index >= 15 is 0 Å². The van der Waals surface area contributed by atoms with Gasteiger partial charge in [-0.3, -0.25) is 4.79 Å². The third kappa shape index (κ3) is 12.2. The topological polar surface area (TPSA) is 145 Å². The summed E-state index contributed by atoms with van der Waals surface area (Å²) in [6, 6.07) is 8.56. The van der Waals surface area contributed by atoms with Crippen LogP contribution in [0.2, 0.25) is 0 Å². The van der Waals surface area contributed by atoms with Crippen LogP contribution in [-0.2, 0) is 9.53 Å². The number of hydrogen-bond donors (Lipinski definition) is 0. The first kappa shape index (κ1) is 50.8. The first-order chi connectivity index (χ1) is 26.0. The lowest BCUT2D eigenvalue weighted by Crippen LogP contribution is -2.65. The maximum absolute atomic E-state index is 11.6. The van der Waals surface area contributed by atoms with Gasteiger partial charge in [0.05, 0.1) is 102 Å². The number of ether oxygens (including phenoxy) is 1. The maximum Gasteiger partial charge on any atom is 0.309 e. The fourth-order valence-corrected chi connectivity index (χ4v) is 8.79. The van der Waals surface area contributed by atoms with Crippen molar-refractivity contribution in [1.82, 2.24) is 0 Å². The number of esters is 1. The number of carbonyl (C=O) groups excluding carboxylic acids is 1. The highest BCUT2D eigenvalue weighted by Crippen LogP contribution is 2.83. The van der Waals surface area contributed by atoms with Crippen LogP contribution in [0.1, 0.15) is 165 Å². The molecule has 0 aromatic carbocycles. The molecule has 3 atom stereocenters. The molecule has 0 bridgehead atoms. The molecule has 0 aromatic heterocycles. The average molecular weight is 750 g/mol. The van der Waals surface area contributed by atoms with E-state index in [1.807, 2.05) is 6.07 Å². The fraction of sp³-hybridized carbons (Fsp3) is 0.867. The molecule has 304 valence electrons. The number of hydrogen-bond acceptors (Lipinski definition) is 7. The van der Waals surface area contributed by atoms with Gasteiger partial charge in [0.1, 0.15) is 0 Å². The molecule has 0 amide bonds. The molecule has 2 aliphatic carbocycles. The van der Waals surface area contributed by atoms with Crippen molar-refractivity contribution in [3.8, 4) is 30.3 Å². The number of nitrogens with zero attached hydrogens (tertiary/aromatic N) is 7. The lowest BCUT2D eigenvalue weighted by Gasteiger charge is -2.54. The Morgan fingerprint density at radius 2 is 0.815 bits per heavy atom. The van der Waals surface area contributed by atoms with Crippen LogP contribution in [-0.4, -0.2) is 74.4 Å². The Kier molecular flexibility index (Phi) is 25.1. The minimum atomic E-state index is -2.03. The largest absolute Gasteiger partial charge is 0.469 e. The van der Waals surface area contributed by atoms with E-state index in [1.54, 1.807) is 24.3 Å². The summed E-state index contributed by atoms with van der Waals surface area (Å²) in [6.45, 7) is 30.0. The third-order valence-corrected chi connectivity index (χ3v) is 12.4. The number of nitriles is 5. The molecule has 3 unspecified atom stereocenters. The highest BCUT2D eigenvalue weighted by Gasteiger charge is 2.93. The molecule has 2 saturated carbocycles. The van der Waals surface area contributed by atoms with E-state index < -0.39 is 34.1 Å². The molecule has 2 fully saturated rings. The van der Waals surface area contributed by atoms with Gasteiger partial charge in [-0.2, -0.15) is 26.3 Å². The minimum absolute atomic E-state index is 0.101. The summed E-state index contributed by atoms with van der Waals surface area (Å²) in [5.41, 5.74) is -5.29. The van der Waals surface area contributed by atoms with Crippen molar-refractivity contribution in [3.05, 3.63) is 0 Å². The van der Waals surface area contributed by atoms with E-state index in [9.17, 15) is 31.1 Å². The molecular weight excluding hydrogens is 671 g/mol. The maximum atomic E-state index is 11.6. The Morgan fingerprint density at radius 1 is 0.537 bits per heavy atom. The first-order valence-corrected chi connectivity index (χ1v) is 21.8. The van der Waals surface area contributed by atoms with Crippen LogP contribution in [0.3, 0.4) is 0 Å². The van der Waals surface area contributed by atoms with Crippen LogP contribution in [0, 0.1) is 84.7 Å². The van der Waals surface area contributed by atoms with E-state index in [1.165, 1.54) is 164 Å². The van der Waals surface area contributed by atoms with Crippen LogP contribution < -0.4 is 0 Å². The number of unbranched alkanes of at least 4 members (excludes halogenated alkanes) is 8. The SMILES string of the molecule is CCCC[N+](CCCC)(CCCC)CCCC.CCCC[N+](CCCC)(CCCC)CCCC.COC(=O)C1CC12C(C#N)C(C#N)(C#N)C2(C#N)C#N. The van der Waals surface area contributed by atoms with E-state index in [2.05, 4.69) is 60.1 Å². The molecule has 1 spiro atoms. The Hall–Kier alpha value is -3.16. The summed E-state index contributed by atoms with van der Waals surface area (Å²) >= 11 is 0. The smallest absolute Gasteiger partial charge is 0.309 e. The van der Waals surface area contributed by atoms with E-state index in [0.717, 1.165) is 7.11 Å². The third-order valence-electron chi connectivity index (χ3n) is 12.4. The van der Waals surface area contributed by atoms with Crippen LogP contribution in [0.15, 0.2) is 0 Å². The molecule has 0 radical (unpaired) electrons. The molecule has 0 saturated heterocycles. The molecule has 9 nitrogen and oxygen atoms in total. The van der Waals surface area contributed by atoms with E-state index in [-0.39, 0.29) is 6.42 Å². The summed E-state index contributed by atoms with van der Waals surface area (Å²) < 4.78 is 7.42. The van der Waals surface area contributed by atoms with Crippen molar-refractivity contribution in [2.75, 3.05) is 59.5 Å². The highest BCUT2D eigenvalue weighted by atomic mass is 16.5. The van der Waals surface area contributed by atoms with Crippen molar-refractivity contribution in [2.24, 2.45) is 28.1 Å². The van der Waals surface area contributed by atoms with Crippen molar-refractivity contribution in [3.63, 3.8) is 0 Å². The van der Waals surface area contributed by atoms with Gasteiger partial charge in [0.25, 0.3) is 0 Å². The van der Waals surface area contributed by atoms with Gasteiger partial charge in [-0.15, -0.1) is 0 Å². The molecular formula is C45H79N7O2+2. The Labute approximate surface area is 332 Å². The average Bonchev–Trinajstić information content (AvgIpc) is 3.97. The second-order valence-electron chi connectivity index (χ2n) is 16.2. The number of methoxy groups -OCH3 is 1. The highest BCUT2D eigenvalue weighted by molar-refractivity contribution is 5.80. The number of carbonyl (C=O) groups is 1. The summed E-state index contributed by atoms with van der Waals surface area (Å²) in [5, 5.41) is 46.4. The van der Waals surface area contributed by atoms with Gasteiger partial charge in [0.15, 0.2) is 10.8 Å². The molecule has 2 rings (SSSR count). The van der Waals surface area contributed by atoms with Gasteiger partial charge in [0.2, 0.25) is 0 Å². The molecule has 9 heteroatoms. The van der Waals surface area contributed by atoms with Gasteiger partial charge in [0, 0.05) is 5.41 Å². The summed E-state index contributed by atoms with van der Waals surface area (Å²) in [6.07, 6.45) is 22.2. The van der Waals surface area contributed by atoms with Crippen LogP contribution in [0.5, 0.6) is 0 Å². The zero-order valence-corrected chi connectivity index (χ0v) is 36.3. The first-order valence-electron chi connectivity index (χ1n) is 21.8. The lowest BCUT2D eigenvalue weighted by molar-refractivity contribution is -0.929. The number of quaternary nitrogens is 2. The standard InChI is InChI=1S/2C16H36N.C13H7N5O2/c2*1-5-9-13-17(14-10-6-2,15-11-7-3)16-12-8-4;1-20-10(19)8-2-13(8)9(3-14)11(4-15,5-16)12(13,6-17)7-18/h2*5-16H2,1-4H3;8-9H,2H2,1H3/q2*+1;. The van der Waals surface area contributed by atoms with Crippen molar-refractivity contribution >= 4 is 5.97 Å². The summed E-state index contributed by atoms with van der Waals surface area (Å²) in [4.78, 5) is 11.6. The molecule has 0 N–H and O–H groups in total. The van der Waals surface area contributed by atoms with E-state index in [0.29, 0.717) is 0 Å². The van der Waals surface area contributed by atoms with Crippen LogP contribution >= 0.6 is 0 Å². The van der Waals surface area contributed by atoms with Gasteiger partial charge < -0.3 is 13.7 Å². The summed E-state index contributed by atoms with van der Waals surface area (Å²) in [7, 11) is 1.16. The predicted octanol–water partition coefficient (Wildman–Crippen LogP) is 10.4. The van der Waals surface area contributed by atoms with Crippen LogP contribution in [0.25, 0.3) is 0 Å². The molecule has 0 aliphatic heterocycles. The zero-order valence-electron chi connectivity index (χ0n) is 36.3. The minimum Gasteiger partial charge on any atom is -0.469 e.